The summed E-state index contributed by atoms with van der Waals surface area (Å²) < 4.78 is 47.6. The number of carbonyl (C=O) groups is 1. The van der Waals surface area contributed by atoms with Crippen molar-refractivity contribution in [2.75, 3.05) is 12.0 Å². The Balaban J connectivity index is 1.88. The van der Waals surface area contributed by atoms with E-state index in [9.17, 15) is 27.6 Å². The van der Waals surface area contributed by atoms with Gasteiger partial charge in [0.15, 0.2) is 5.69 Å². The summed E-state index contributed by atoms with van der Waals surface area (Å²) in [4.78, 5) is 42.1. The number of benzene rings is 2. The second kappa shape index (κ2) is 14.9. The monoisotopic (exact) mass is 622 g/mol. The molecule has 2 aromatic carbocycles. The van der Waals surface area contributed by atoms with Crippen molar-refractivity contribution in [3.8, 4) is 17.5 Å². The summed E-state index contributed by atoms with van der Waals surface area (Å²) in [5.41, 5.74) is 0.663. The van der Waals surface area contributed by atoms with Crippen LogP contribution in [-0.2, 0) is 17.5 Å². The zero-order valence-electron chi connectivity index (χ0n) is 25.3. The number of nitrogens with one attached hydrogen (secondary N) is 2. The summed E-state index contributed by atoms with van der Waals surface area (Å²) in [7, 11) is 0. The second-order valence-corrected chi connectivity index (χ2v) is 10.9. The number of carbonyl (C=O) groups excluding carboxylic acids is 1. The molecule has 0 unspecified atom stereocenters. The number of alkyl carbamates (subject to hydrolysis) is 1. The van der Waals surface area contributed by atoms with Crippen molar-refractivity contribution in [2.45, 2.75) is 65.3 Å². The number of nitrogens with zero attached hydrogens (tertiary/aromatic N) is 4. The molecule has 1 aromatic heterocycles. The third-order valence-corrected chi connectivity index (χ3v) is 6.25. The van der Waals surface area contributed by atoms with Crippen LogP contribution < -0.4 is 22.0 Å². The average molecular weight is 623 g/mol. The Morgan fingerprint density at radius 1 is 1.09 bits per heavy atom. The van der Waals surface area contributed by atoms with Gasteiger partial charge in [0.2, 0.25) is 0 Å². The van der Waals surface area contributed by atoms with E-state index in [0.29, 0.717) is 37.2 Å². The lowest BCUT2D eigenvalue weighted by molar-refractivity contribution is -0.137. The number of rotatable bonds is 9. The van der Waals surface area contributed by atoms with Crippen LogP contribution in [0, 0.1) is 25.3 Å². The lowest BCUT2D eigenvalue weighted by Gasteiger charge is -2.19. The molecule has 0 fully saturated rings. The van der Waals surface area contributed by atoms with Crippen LogP contribution in [0.4, 0.5) is 29.3 Å². The molecule has 0 saturated carbocycles. The van der Waals surface area contributed by atoms with Crippen molar-refractivity contribution in [1.82, 2.24) is 14.5 Å². The number of amides is 1. The number of halogens is 3. The number of alkyl halides is 3. The first-order valence-corrected chi connectivity index (χ1v) is 14.0. The van der Waals surface area contributed by atoms with Crippen molar-refractivity contribution >= 4 is 23.7 Å². The van der Waals surface area contributed by atoms with Crippen molar-refractivity contribution in [3.63, 3.8) is 0 Å². The van der Waals surface area contributed by atoms with Crippen molar-refractivity contribution in [2.24, 2.45) is 5.10 Å². The molecule has 2 N–H and O–H groups in total. The van der Waals surface area contributed by atoms with Crippen LogP contribution in [-0.4, -0.2) is 33.6 Å². The second-order valence-electron chi connectivity index (χ2n) is 10.9. The molecule has 0 aliphatic carbocycles. The lowest BCUT2D eigenvalue weighted by Crippen LogP contribution is -2.42. The molecule has 0 bridgehead atoms. The smallest absolute Gasteiger partial charge is 0.416 e. The molecule has 3 rings (SSSR count). The molecule has 10 nitrogen and oxygen atoms in total. The van der Waals surface area contributed by atoms with Gasteiger partial charge in [-0.1, -0.05) is 24.1 Å². The summed E-state index contributed by atoms with van der Waals surface area (Å²) in [6.07, 6.45) is -2.54. The molecule has 236 valence electrons. The molecular formula is C32H33F3N6O4. The number of hydrogen-bond acceptors (Lipinski definition) is 6. The molecule has 0 aliphatic rings. The third-order valence-electron chi connectivity index (χ3n) is 6.25. The standard InChI is InChI=1S/C32H33F3N6O4/c1-22-27(13-10-19-38-39-25-16-14-24(36-5)15-17-25)28(42)40(20-8-6-7-18-37-29(43)45-31(2,3)4)30(44)41(22)26-12-9-11-23(21-26)32(33,34)35/h9,11-12,14-17,19,21,39H,6-8,18,20H2,1-4H3,(H,37,43)/b38-19+. The van der Waals surface area contributed by atoms with Gasteiger partial charge in [-0.25, -0.2) is 14.4 Å². The molecule has 13 heteroatoms. The van der Waals surface area contributed by atoms with Gasteiger partial charge in [-0.3, -0.25) is 19.4 Å². The van der Waals surface area contributed by atoms with E-state index in [4.69, 9.17) is 11.3 Å². The fourth-order valence-electron chi connectivity index (χ4n) is 4.15. The first-order chi connectivity index (χ1) is 21.2. The number of hydrogen-bond donors (Lipinski definition) is 2. The molecule has 1 heterocycles. The first kappa shape index (κ1) is 34.2. The van der Waals surface area contributed by atoms with E-state index in [1.54, 1.807) is 45.0 Å². The molecule has 45 heavy (non-hydrogen) atoms. The van der Waals surface area contributed by atoms with Gasteiger partial charge in [0.1, 0.15) is 11.2 Å². The normalized spacial score (nSPS) is 11.4. The Bertz CT molecular complexity index is 1770. The summed E-state index contributed by atoms with van der Waals surface area (Å²) >= 11 is 0. The Hall–Kier alpha value is -5.30. The van der Waals surface area contributed by atoms with E-state index in [1.807, 2.05) is 0 Å². The largest absolute Gasteiger partial charge is 0.444 e. The molecule has 0 spiro atoms. The minimum absolute atomic E-state index is 0.0196. The number of unbranched alkanes of at least 4 members (excludes halogenated alkanes) is 2. The maximum atomic E-state index is 13.5. The molecule has 0 aliphatic heterocycles. The van der Waals surface area contributed by atoms with Gasteiger partial charge in [-0.15, -0.1) is 0 Å². The zero-order chi connectivity index (χ0) is 33.2. The fourth-order valence-corrected chi connectivity index (χ4v) is 4.15. The highest BCUT2D eigenvalue weighted by molar-refractivity contribution is 5.80. The van der Waals surface area contributed by atoms with Crippen LogP contribution in [0.1, 0.15) is 56.9 Å². The lowest BCUT2D eigenvalue weighted by atomic mass is 10.1. The highest BCUT2D eigenvalue weighted by Crippen LogP contribution is 2.30. The molecular weight excluding hydrogens is 589 g/mol. The summed E-state index contributed by atoms with van der Waals surface area (Å²) in [5.74, 6) is 5.33. The minimum atomic E-state index is -4.64. The van der Waals surface area contributed by atoms with Crippen LogP contribution in [0.15, 0.2) is 63.2 Å². The summed E-state index contributed by atoms with van der Waals surface area (Å²) in [5, 5.41) is 6.61. The van der Waals surface area contributed by atoms with Crippen LogP contribution >= 0.6 is 0 Å². The van der Waals surface area contributed by atoms with Crippen LogP contribution in [0.3, 0.4) is 0 Å². The SMILES string of the molecule is [C-]#[N+]c1ccc(N/N=C/C#Cc2c(C)n(-c3cccc(C(F)(F)F)c3)c(=O)n(CCCCCNC(=O)OC(C)(C)C)c2=O)cc1. The van der Waals surface area contributed by atoms with Gasteiger partial charge in [0.25, 0.3) is 5.56 Å². The van der Waals surface area contributed by atoms with E-state index in [-0.39, 0.29) is 23.5 Å². The van der Waals surface area contributed by atoms with Crippen LogP contribution in [0.5, 0.6) is 0 Å². The molecule has 1 amide bonds. The first-order valence-electron chi connectivity index (χ1n) is 14.0. The van der Waals surface area contributed by atoms with E-state index >= 15 is 0 Å². The van der Waals surface area contributed by atoms with Crippen LogP contribution in [0.25, 0.3) is 10.5 Å². The number of aromatic nitrogens is 2. The number of hydrazone groups is 1. The van der Waals surface area contributed by atoms with E-state index in [1.165, 1.54) is 25.3 Å². The number of anilines is 1. The van der Waals surface area contributed by atoms with Crippen molar-refractivity contribution in [3.05, 3.63) is 97.6 Å². The fraction of sp³-hybridized carbons (Fsp3) is 0.344. The third kappa shape index (κ3) is 9.86. The van der Waals surface area contributed by atoms with Crippen molar-refractivity contribution in [1.29, 1.82) is 0 Å². The Kier molecular flexibility index (Phi) is 11.3. The van der Waals surface area contributed by atoms with Gasteiger partial charge in [0, 0.05) is 18.8 Å². The molecule has 0 saturated heterocycles. The highest BCUT2D eigenvalue weighted by Gasteiger charge is 2.31. The maximum absolute atomic E-state index is 13.5. The van der Waals surface area contributed by atoms with Gasteiger partial charge in [-0.2, -0.15) is 18.3 Å². The molecule has 0 radical (unpaired) electrons. The Morgan fingerprint density at radius 3 is 2.44 bits per heavy atom. The predicted octanol–water partition coefficient (Wildman–Crippen LogP) is 6.02. The van der Waals surface area contributed by atoms with Crippen molar-refractivity contribution < 1.29 is 22.7 Å². The minimum Gasteiger partial charge on any atom is -0.444 e. The molecule has 3 aromatic rings. The van der Waals surface area contributed by atoms with Gasteiger partial charge in [0.05, 0.1) is 29.7 Å². The van der Waals surface area contributed by atoms with Gasteiger partial charge in [-0.05, 0) is 83.2 Å². The quantitative estimate of drug-likeness (QED) is 0.0997. The van der Waals surface area contributed by atoms with Gasteiger partial charge < -0.3 is 10.1 Å². The van der Waals surface area contributed by atoms with E-state index < -0.39 is 34.7 Å². The summed E-state index contributed by atoms with van der Waals surface area (Å²) in [6.45, 7) is 14.0. The van der Waals surface area contributed by atoms with E-state index in [0.717, 1.165) is 21.3 Å². The predicted molar refractivity (Wildman–Crippen MR) is 166 cm³/mol. The highest BCUT2D eigenvalue weighted by atomic mass is 19.4. The average Bonchev–Trinajstić information content (AvgIpc) is 2.97. The number of ether oxygens (including phenoxy) is 1. The maximum Gasteiger partial charge on any atom is 0.416 e. The Labute approximate surface area is 258 Å². The van der Waals surface area contributed by atoms with Crippen LogP contribution in [0.2, 0.25) is 0 Å². The topological polar surface area (TPSA) is 111 Å². The Morgan fingerprint density at radius 2 is 1.80 bits per heavy atom. The summed E-state index contributed by atoms with van der Waals surface area (Å²) in [6, 6.07) is 10.8. The van der Waals surface area contributed by atoms with E-state index in [2.05, 4.69) is 32.5 Å². The zero-order valence-corrected chi connectivity index (χ0v) is 25.3. The molecule has 0 atom stereocenters. The van der Waals surface area contributed by atoms with Gasteiger partial charge >= 0.3 is 18.0 Å².